The van der Waals surface area contributed by atoms with Gasteiger partial charge in [0.25, 0.3) is 0 Å². The lowest BCUT2D eigenvalue weighted by atomic mass is 9.88. The molecule has 1 aliphatic rings. The molecule has 1 aliphatic heterocycles. The maximum atomic E-state index is 11.5. The number of phenolic OH excluding ortho intramolecular Hbond substituents is 1. The third-order valence-electron chi connectivity index (χ3n) is 3.61. The number of carbonyl (C=O) groups is 1. The number of benzene rings is 1. The number of methoxy groups -OCH3 is 1. The van der Waals surface area contributed by atoms with Gasteiger partial charge in [0.2, 0.25) is 0 Å². The maximum absolute atomic E-state index is 11.5. The molecular weight excluding hydrogens is 230 g/mol. The van der Waals surface area contributed by atoms with Gasteiger partial charge in [0, 0.05) is 0 Å². The molecule has 0 saturated carbocycles. The smallest absolute Gasteiger partial charge is 0.337 e. The second-order valence-corrected chi connectivity index (χ2v) is 4.84. The lowest BCUT2D eigenvalue weighted by molar-refractivity contribution is 0.0600. The molecule has 18 heavy (non-hydrogen) atoms. The molecule has 0 radical (unpaired) electrons. The van der Waals surface area contributed by atoms with E-state index < -0.39 is 0 Å². The van der Waals surface area contributed by atoms with E-state index in [2.05, 4.69) is 11.9 Å². The van der Waals surface area contributed by atoms with Crippen LogP contribution in [0.5, 0.6) is 5.75 Å². The third-order valence-corrected chi connectivity index (χ3v) is 3.61. The van der Waals surface area contributed by atoms with E-state index in [1.807, 2.05) is 0 Å². The molecule has 1 aromatic carbocycles. The van der Waals surface area contributed by atoms with Gasteiger partial charge in [-0.2, -0.15) is 0 Å². The van der Waals surface area contributed by atoms with Gasteiger partial charge in [0.15, 0.2) is 0 Å². The first kappa shape index (κ1) is 12.9. The third kappa shape index (κ3) is 2.64. The zero-order valence-electron chi connectivity index (χ0n) is 10.8. The van der Waals surface area contributed by atoms with E-state index in [1.165, 1.54) is 7.11 Å². The second kappa shape index (κ2) is 5.40. The molecule has 1 aromatic rings. The second-order valence-electron chi connectivity index (χ2n) is 4.84. The number of nitrogens with zero attached hydrogens (tertiary/aromatic N) is 1. The van der Waals surface area contributed by atoms with Crippen LogP contribution in [0.4, 0.5) is 0 Å². The highest BCUT2D eigenvalue weighted by Crippen LogP contribution is 2.34. The van der Waals surface area contributed by atoms with Gasteiger partial charge in [-0.25, -0.2) is 4.79 Å². The van der Waals surface area contributed by atoms with E-state index in [0.29, 0.717) is 11.5 Å². The van der Waals surface area contributed by atoms with Gasteiger partial charge in [-0.05, 0) is 62.7 Å². The number of aromatic hydroxyl groups is 1. The minimum atomic E-state index is -0.357. The van der Waals surface area contributed by atoms with Gasteiger partial charge in [0.1, 0.15) is 5.75 Å². The minimum absolute atomic E-state index is 0.275. The molecule has 2 rings (SSSR count). The normalized spacial score (nSPS) is 17.7. The van der Waals surface area contributed by atoms with E-state index >= 15 is 0 Å². The molecule has 0 atom stereocenters. The van der Waals surface area contributed by atoms with Gasteiger partial charge in [-0.1, -0.05) is 0 Å². The van der Waals surface area contributed by atoms with Gasteiger partial charge in [0.05, 0.1) is 12.7 Å². The minimum Gasteiger partial charge on any atom is -0.508 e. The predicted octanol–water partition coefficient (Wildman–Crippen LogP) is 1.99. The fraction of sp³-hybridized carbons (Fsp3) is 0.500. The van der Waals surface area contributed by atoms with E-state index in [1.54, 1.807) is 18.2 Å². The van der Waals surface area contributed by atoms with Crippen LogP contribution in [-0.4, -0.2) is 43.2 Å². The molecular formula is C14H19NO3. The number of esters is 1. The summed E-state index contributed by atoms with van der Waals surface area (Å²) in [6, 6.07) is 4.94. The van der Waals surface area contributed by atoms with Crippen LogP contribution in [0.1, 0.15) is 34.7 Å². The van der Waals surface area contributed by atoms with Crippen LogP contribution in [0.25, 0.3) is 0 Å². The topological polar surface area (TPSA) is 49.8 Å². The molecule has 1 N–H and O–H groups in total. The van der Waals surface area contributed by atoms with E-state index in [-0.39, 0.29) is 11.7 Å². The van der Waals surface area contributed by atoms with Crippen molar-refractivity contribution in [1.29, 1.82) is 0 Å². The largest absolute Gasteiger partial charge is 0.508 e. The summed E-state index contributed by atoms with van der Waals surface area (Å²) < 4.78 is 4.71. The Balaban J connectivity index is 2.23. The number of hydrogen-bond donors (Lipinski definition) is 1. The van der Waals surface area contributed by atoms with Crippen LogP contribution in [0.15, 0.2) is 18.2 Å². The highest BCUT2D eigenvalue weighted by Gasteiger charge is 2.22. The molecule has 0 unspecified atom stereocenters. The molecule has 0 amide bonds. The van der Waals surface area contributed by atoms with Crippen LogP contribution in [0, 0.1) is 0 Å². The number of likely N-dealkylation sites (tertiary alicyclic amines) is 1. The SMILES string of the molecule is COC(=O)c1ccc(O)c(C2CCN(C)CC2)c1. The van der Waals surface area contributed by atoms with Crippen molar-refractivity contribution < 1.29 is 14.6 Å². The van der Waals surface area contributed by atoms with Crippen molar-refractivity contribution in [3.8, 4) is 5.75 Å². The van der Waals surface area contributed by atoms with Crippen molar-refractivity contribution in [1.82, 2.24) is 4.90 Å². The van der Waals surface area contributed by atoms with Crippen LogP contribution in [0.3, 0.4) is 0 Å². The first-order valence-electron chi connectivity index (χ1n) is 6.21. The first-order valence-corrected chi connectivity index (χ1v) is 6.21. The van der Waals surface area contributed by atoms with Gasteiger partial charge >= 0.3 is 5.97 Å². The fourth-order valence-electron chi connectivity index (χ4n) is 2.45. The molecule has 1 saturated heterocycles. The molecule has 0 spiro atoms. The monoisotopic (exact) mass is 249 g/mol. The summed E-state index contributed by atoms with van der Waals surface area (Å²) in [6.07, 6.45) is 2.02. The summed E-state index contributed by atoms with van der Waals surface area (Å²) >= 11 is 0. The van der Waals surface area contributed by atoms with Crippen molar-refractivity contribution in [2.75, 3.05) is 27.2 Å². The van der Waals surface area contributed by atoms with Crippen LogP contribution < -0.4 is 0 Å². The van der Waals surface area contributed by atoms with Crippen molar-refractivity contribution in [2.24, 2.45) is 0 Å². The van der Waals surface area contributed by atoms with Crippen molar-refractivity contribution in [3.05, 3.63) is 29.3 Å². The van der Waals surface area contributed by atoms with Crippen molar-refractivity contribution in [3.63, 3.8) is 0 Å². The molecule has 0 aliphatic carbocycles. The Labute approximate surface area is 107 Å². The maximum Gasteiger partial charge on any atom is 0.337 e. The van der Waals surface area contributed by atoms with Crippen LogP contribution in [0.2, 0.25) is 0 Å². The summed E-state index contributed by atoms with van der Waals surface area (Å²) in [5, 5.41) is 9.94. The molecule has 0 bridgehead atoms. The molecule has 0 aromatic heterocycles. The van der Waals surface area contributed by atoms with Crippen LogP contribution >= 0.6 is 0 Å². The quantitative estimate of drug-likeness (QED) is 0.814. The average Bonchev–Trinajstić information content (AvgIpc) is 2.39. The molecule has 4 heteroatoms. The van der Waals surface area contributed by atoms with E-state index in [9.17, 15) is 9.90 Å². The summed E-state index contributed by atoms with van der Waals surface area (Å²) in [4.78, 5) is 13.8. The van der Waals surface area contributed by atoms with E-state index in [4.69, 9.17) is 4.74 Å². The highest BCUT2D eigenvalue weighted by molar-refractivity contribution is 5.89. The summed E-state index contributed by atoms with van der Waals surface area (Å²) in [5.41, 5.74) is 1.37. The lowest BCUT2D eigenvalue weighted by Gasteiger charge is -2.29. The first-order chi connectivity index (χ1) is 8.61. The Bertz CT molecular complexity index is 437. The van der Waals surface area contributed by atoms with Crippen molar-refractivity contribution >= 4 is 5.97 Å². The Hall–Kier alpha value is -1.55. The number of carbonyl (C=O) groups excluding carboxylic acids is 1. The number of hydrogen-bond acceptors (Lipinski definition) is 4. The fourth-order valence-corrected chi connectivity index (χ4v) is 2.45. The Morgan fingerprint density at radius 3 is 2.67 bits per heavy atom. The molecule has 1 fully saturated rings. The van der Waals surface area contributed by atoms with Gasteiger partial charge < -0.3 is 14.7 Å². The number of piperidine rings is 1. The van der Waals surface area contributed by atoms with Gasteiger partial charge in [-0.15, -0.1) is 0 Å². The Morgan fingerprint density at radius 1 is 1.39 bits per heavy atom. The summed E-state index contributed by atoms with van der Waals surface area (Å²) in [7, 11) is 3.46. The lowest BCUT2D eigenvalue weighted by Crippen LogP contribution is -2.29. The average molecular weight is 249 g/mol. The van der Waals surface area contributed by atoms with Gasteiger partial charge in [-0.3, -0.25) is 0 Å². The summed E-state index contributed by atoms with van der Waals surface area (Å²) in [5.74, 6) is 0.243. The molecule has 4 nitrogen and oxygen atoms in total. The summed E-state index contributed by atoms with van der Waals surface area (Å²) in [6.45, 7) is 2.04. The number of phenols is 1. The zero-order chi connectivity index (χ0) is 13.1. The highest BCUT2D eigenvalue weighted by atomic mass is 16.5. The zero-order valence-corrected chi connectivity index (χ0v) is 10.8. The number of ether oxygens (including phenoxy) is 1. The molecule has 98 valence electrons. The Kier molecular flexibility index (Phi) is 3.87. The Morgan fingerprint density at radius 2 is 2.06 bits per heavy atom. The molecule has 1 heterocycles. The predicted molar refractivity (Wildman–Crippen MR) is 68.9 cm³/mol. The number of rotatable bonds is 2. The van der Waals surface area contributed by atoms with Crippen LogP contribution in [-0.2, 0) is 4.74 Å². The van der Waals surface area contributed by atoms with Crippen molar-refractivity contribution in [2.45, 2.75) is 18.8 Å². The van der Waals surface area contributed by atoms with E-state index in [0.717, 1.165) is 31.5 Å². The standard InChI is InChI=1S/C14H19NO3/c1-15-7-5-10(6-8-15)12-9-11(14(17)18-2)3-4-13(12)16/h3-4,9-10,16H,5-8H2,1-2H3.